The lowest BCUT2D eigenvalue weighted by molar-refractivity contribution is -0.885. The van der Waals surface area contributed by atoms with Crippen molar-refractivity contribution in [2.45, 2.75) is 13.5 Å². The molecule has 0 aliphatic rings. The minimum absolute atomic E-state index is 0.119. The predicted octanol–water partition coefficient (Wildman–Crippen LogP) is 1.31. The molecular weight excluding hydrogens is 318 g/mol. The summed E-state index contributed by atoms with van der Waals surface area (Å²) in [5.41, 5.74) is 2.32. The lowest BCUT2D eigenvalue weighted by Gasteiger charge is -2.15. The fraction of sp³-hybridized carbons (Fsp3) is 0.263. The Morgan fingerprint density at radius 3 is 2.44 bits per heavy atom. The van der Waals surface area contributed by atoms with Gasteiger partial charge in [-0.1, -0.05) is 30.3 Å². The van der Waals surface area contributed by atoms with Gasteiger partial charge in [0, 0.05) is 18.2 Å². The Balaban J connectivity index is 2.00. The second kappa shape index (κ2) is 8.84. The van der Waals surface area contributed by atoms with Gasteiger partial charge in [-0.3, -0.25) is 9.59 Å². The molecule has 0 radical (unpaired) electrons. The molecule has 1 atom stereocenters. The fourth-order valence-corrected chi connectivity index (χ4v) is 2.56. The fourth-order valence-electron chi connectivity index (χ4n) is 2.56. The van der Waals surface area contributed by atoms with Crippen molar-refractivity contribution in [3.8, 4) is 5.75 Å². The Bertz CT molecular complexity index is 732. The van der Waals surface area contributed by atoms with Crippen LogP contribution in [-0.4, -0.2) is 32.5 Å². The smallest absolute Gasteiger partial charge is 0.279 e. The van der Waals surface area contributed by atoms with Crippen LogP contribution >= 0.6 is 0 Å². The summed E-state index contributed by atoms with van der Waals surface area (Å²) in [4.78, 5) is 24.6. The molecule has 0 heterocycles. The monoisotopic (exact) mass is 342 g/mol. The average Bonchev–Trinajstić information content (AvgIpc) is 2.55. The summed E-state index contributed by atoms with van der Waals surface area (Å²) < 4.78 is 5.27. The van der Waals surface area contributed by atoms with E-state index in [1.54, 1.807) is 18.2 Å². The van der Waals surface area contributed by atoms with E-state index < -0.39 is 0 Å². The number of likely N-dealkylation sites (N-methyl/N-ethyl adjacent to an activating group) is 1. The zero-order valence-corrected chi connectivity index (χ0v) is 14.8. The molecule has 0 aliphatic carbocycles. The van der Waals surface area contributed by atoms with Crippen LogP contribution in [0.2, 0.25) is 0 Å². The molecule has 2 amide bonds. The molecule has 6 heteroatoms. The molecule has 0 saturated carbocycles. The zero-order valence-electron chi connectivity index (χ0n) is 14.8. The summed E-state index contributed by atoms with van der Waals surface area (Å²) in [5, 5.41) is 5.55. The molecule has 1 unspecified atom stereocenters. The SMILES string of the molecule is COc1ccc(NC(C)=O)cc1NC(=O)C[NH+](C)Cc1ccccc1. The van der Waals surface area contributed by atoms with E-state index in [0.717, 1.165) is 11.4 Å². The Morgan fingerprint density at radius 2 is 1.80 bits per heavy atom. The summed E-state index contributed by atoms with van der Waals surface area (Å²) in [7, 11) is 3.51. The first-order valence-electron chi connectivity index (χ1n) is 8.08. The highest BCUT2D eigenvalue weighted by atomic mass is 16.5. The van der Waals surface area contributed by atoms with E-state index in [1.807, 2.05) is 37.4 Å². The molecular formula is C19H24N3O3+. The predicted molar refractivity (Wildman–Crippen MR) is 97.8 cm³/mol. The lowest BCUT2D eigenvalue weighted by Crippen LogP contribution is -3.08. The summed E-state index contributed by atoms with van der Waals surface area (Å²) in [6, 6.07) is 15.2. The molecule has 2 aromatic carbocycles. The van der Waals surface area contributed by atoms with E-state index in [0.29, 0.717) is 23.7 Å². The third-order valence-electron chi connectivity index (χ3n) is 3.60. The second-order valence-electron chi connectivity index (χ2n) is 5.94. The molecule has 0 saturated heterocycles. The standard InChI is InChI=1S/C19H23N3O3/c1-14(23)20-16-9-10-18(25-3)17(11-16)21-19(24)13-22(2)12-15-7-5-4-6-8-15/h4-11H,12-13H2,1-3H3,(H,20,23)(H,21,24)/p+1. The van der Waals surface area contributed by atoms with Crippen molar-refractivity contribution in [3.63, 3.8) is 0 Å². The summed E-state index contributed by atoms with van der Waals surface area (Å²) >= 11 is 0. The summed E-state index contributed by atoms with van der Waals surface area (Å²) in [5.74, 6) is 0.254. The van der Waals surface area contributed by atoms with Gasteiger partial charge in [-0.05, 0) is 18.2 Å². The number of methoxy groups -OCH3 is 1. The van der Waals surface area contributed by atoms with E-state index in [4.69, 9.17) is 4.74 Å². The molecule has 132 valence electrons. The molecule has 0 fully saturated rings. The van der Waals surface area contributed by atoms with Gasteiger partial charge in [-0.2, -0.15) is 0 Å². The van der Waals surface area contributed by atoms with Crippen LogP contribution in [0.5, 0.6) is 5.75 Å². The van der Waals surface area contributed by atoms with Crippen LogP contribution in [0.4, 0.5) is 11.4 Å². The van der Waals surface area contributed by atoms with Gasteiger partial charge in [-0.15, -0.1) is 0 Å². The molecule has 0 aliphatic heterocycles. The zero-order chi connectivity index (χ0) is 18.2. The van der Waals surface area contributed by atoms with Crippen LogP contribution in [0.1, 0.15) is 12.5 Å². The normalized spacial score (nSPS) is 11.5. The topological polar surface area (TPSA) is 71.9 Å². The number of nitrogens with one attached hydrogen (secondary N) is 3. The third kappa shape index (κ3) is 5.93. The molecule has 0 bridgehead atoms. The van der Waals surface area contributed by atoms with Crippen LogP contribution in [0.15, 0.2) is 48.5 Å². The van der Waals surface area contributed by atoms with Gasteiger partial charge in [0.2, 0.25) is 5.91 Å². The van der Waals surface area contributed by atoms with Gasteiger partial charge in [0.05, 0.1) is 19.8 Å². The van der Waals surface area contributed by atoms with Crippen molar-refractivity contribution < 1.29 is 19.2 Å². The number of hydrogen-bond acceptors (Lipinski definition) is 3. The van der Waals surface area contributed by atoms with E-state index in [-0.39, 0.29) is 11.8 Å². The lowest BCUT2D eigenvalue weighted by atomic mass is 10.2. The van der Waals surface area contributed by atoms with Crippen LogP contribution in [0.25, 0.3) is 0 Å². The van der Waals surface area contributed by atoms with Crippen molar-refractivity contribution in [2.75, 3.05) is 31.3 Å². The molecule has 25 heavy (non-hydrogen) atoms. The third-order valence-corrected chi connectivity index (χ3v) is 3.60. The molecule has 3 N–H and O–H groups in total. The number of carbonyl (C=O) groups excluding carboxylic acids is 2. The number of benzene rings is 2. The van der Waals surface area contributed by atoms with Gasteiger partial charge >= 0.3 is 0 Å². The van der Waals surface area contributed by atoms with Crippen LogP contribution < -0.4 is 20.3 Å². The van der Waals surface area contributed by atoms with Crippen molar-refractivity contribution in [2.24, 2.45) is 0 Å². The summed E-state index contributed by atoms with van der Waals surface area (Å²) in [6.07, 6.45) is 0. The van der Waals surface area contributed by atoms with Crippen molar-refractivity contribution in [1.29, 1.82) is 0 Å². The minimum atomic E-state index is -0.172. The Kier molecular flexibility index (Phi) is 6.54. The highest BCUT2D eigenvalue weighted by Crippen LogP contribution is 2.27. The number of anilines is 2. The number of rotatable bonds is 7. The average molecular weight is 342 g/mol. The minimum Gasteiger partial charge on any atom is -0.495 e. The highest BCUT2D eigenvalue weighted by molar-refractivity contribution is 5.95. The summed E-state index contributed by atoms with van der Waals surface area (Å²) in [6.45, 7) is 2.52. The van der Waals surface area contributed by atoms with Gasteiger partial charge in [0.1, 0.15) is 12.3 Å². The Morgan fingerprint density at radius 1 is 1.08 bits per heavy atom. The number of ether oxygens (including phenoxy) is 1. The Labute approximate surface area is 147 Å². The van der Waals surface area contributed by atoms with E-state index >= 15 is 0 Å². The van der Waals surface area contributed by atoms with E-state index in [1.165, 1.54) is 19.6 Å². The first kappa shape index (κ1) is 18.5. The largest absolute Gasteiger partial charge is 0.495 e. The first-order chi connectivity index (χ1) is 12.0. The van der Waals surface area contributed by atoms with Crippen LogP contribution in [0, 0.1) is 0 Å². The van der Waals surface area contributed by atoms with Crippen molar-refractivity contribution >= 4 is 23.2 Å². The molecule has 2 aromatic rings. The van der Waals surface area contributed by atoms with Gasteiger partial charge in [-0.25, -0.2) is 0 Å². The Hall–Kier alpha value is -2.86. The molecule has 6 nitrogen and oxygen atoms in total. The van der Waals surface area contributed by atoms with Gasteiger partial charge < -0.3 is 20.3 Å². The van der Waals surface area contributed by atoms with Gasteiger partial charge in [0.15, 0.2) is 6.54 Å². The number of carbonyl (C=O) groups is 2. The molecule has 0 spiro atoms. The number of quaternary nitrogens is 1. The number of amides is 2. The van der Waals surface area contributed by atoms with Crippen LogP contribution in [0.3, 0.4) is 0 Å². The molecule has 2 rings (SSSR count). The van der Waals surface area contributed by atoms with E-state index in [2.05, 4.69) is 10.6 Å². The first-order valence-corrected chi connectivity index (χ1v) is 8.08. The van der Waals surface area contributed by atoms with Gasteiger partial charge in [0.25, 0.3) is 5.91 Å². The molecule has 0 aromatic heterocycles. The van der Waals surface area contributed by atoms with Crippen molar-refractivity contribution in [3.05, 3.63) is 54.1 Å². The highest BCUT2D eigenvalue weighted by Gasteiger charge is 2.14. The maximum absolute atomic E-state index is 12.3. The maximum Gasteiger partial charge on any atom is 0.279 e. The maximum atomic E-state index is 12.3. The quantitative estimate of drug-likeness (QED) is 0.710. The second-order valence-corrected chi connectivity index (χ2v) is 5.94. The van der Waals surface area contributed by atoms with E-state index in [9.17, 15) is 9.59 Å². The number of hydrogen-bond donors (Lipinski definition) is 3. The van der Waals surface area contributed by atoms with Crippen molar-refractivity contribution in [1.82, 2.24) is 0 Å². The van der Waals surface area contributed by atoms with Crippen LogP contribution in [-0.2, 0) is 16.1 Å².